The van der Waals surface area contributed by atoms with Gasteiger partial charge in [0.2, 0.25) is 0 Å². The largest absolute Gasteiger partial charge is 0.480 e. The lowest BCUT2D eigenvalue weighted by Gasteiger charge is -2.33. The zero-order valence-electron chi connectivity index (χ0n) is 11.4. The van der Waals surface area contributed by atoms with Gasteiger partial charge in [0, 0.05) is 19.7 Å². The van der Waals surface area contributed by atoms with Crippen molar-refractivity contribution in [2.24, 2.45) is 0 Å². The lowest BCUT2D eigenvalue weighted by molar-refractivity contribution is -0.150. The lowest BCUT2D eigenvalue weighted by atomic mass is 9.93. The number of rotatable bonds is 6. The Morgan fingerprint density at radius 3 is 3.11 bits per heavy atom. The third-order valence-electron chi connectivity index (χ3n) is 3.85. The molecule has 1 aliphatic rings. The SMILES string of the molecule is CCC1(C(=O)O)CCCN1Cc1cc(COC)on1. The molecule has 0 bridgehead atoms. The molecule has 2 rings (SSSR count). The Bertz CT molecular complexity index is 446. The molecule has 19 heavy (non-hydrogen) atoms. The quantitative estimate of drug-likeness (QED) is 0.845. The third kappa shape index (κ3) is 2.64. The smallest absolute Gasteiger partial charge is 0.324 e. The summed E-state index contributed by atoms with van der Waals surface area (Å²) in [5, 5.41) is 13.5. The van der Waals surface area contributed by atoms with Crippen LogP contribution in [0.2, 0.25) is 0 Å². The predicted molar refractivity (Wildman–Crippen MR) is 67.5 cm³/mol. The first-order valence-electron chi connectivity index (χ1n) is 6.54. The molecular weight excluding hydrogens is 248 g/mol. The van der Waals surface area contributed by atoms with Gasteiger partial charge in [0.15, 0.2) is 5.76 Å². The number of carboxylic acid groups (broad SMARTS) is 1. The topological polar surface area (TPSA) is 75.8 Å². The van der Waals surface area contributed by atoms with Crippen LogP contribution in [0.1, 0.15) is 37.6 Å². The van der Waals surface area contributed by atoms with Crippen molar-refractivity contribution in [3.8, 4) is 0 Å². The van der Waals surface area contributed by atoms with Gasteiger partial charge in [-0.3, -0.25) is 9.69 Å². The fourth-order valence-electron chi connectivity index (χ4n) is 2.79. The molecule has 0 radical (unpaired) electrons. The average molecular weight is 268 g/mol. The molecule has 1 atom stereocenters. The second kappa shape index (κ2) is 5.71. The number of hydrogen-bond acceptors (Lipinski definition) is 5. The Balaban J connectivity index is 2.10. The van der Waals surface area contributed by atoms with Crippen LogP contribution in [0.5, 0.6) is 0 Å². The summed E-state index contributed by atoms with van der Waals surface area (Å²) >= 11 is 0. The van der Waals surface area contributed by atoms with Crippen molar-refractivity contribution in [3.05, 3.63) is 17.5 Å². The van der Waals surface area contributed by atoms with E-state index in [9.17, 15) is 9.90 Å². The van der Waals surface area contributed by atoms with Crippen molar-refractivity contribution in [2.75, 3.05) is 13.7 Å². The average Bonchev–Trinajstić information content (AvgIpc) is 2.98. The van der Waals surface area contributed by atoms with Crippen LogP contribution < -0.4 is 0 Å². The molecule has 6 nitrogen and oxygen atoms in total. The molecule has 1 aliphatic heterocycles. The zero-order chi connectivity index (χ0) is 13.9. The lowest BCUT2D eigenvalue weighted by Crippen LogP contribution is -2.49. The fraction of sp³-hybridized carbons (Fsp3) is 0.692. The number of carboxylic acids is 1. The van der Waals surface area contributed by atoms with Crippen LogP contribution in [0.15, 0.2) is 10.6 Å². The first-order chi connectivity index (χ1) is 9.12. The summed E-state index contributed by atoms with van der Waals surface area (Å²) in [6, 6.07) is 1.82. The number of aromatic nitrogens is 1. The molecule has 6 heteroatoms. The van der Waals surface area contributed by atoms with E-state index in [4.69, 9.17) is 9.26 Å². The summed E-state index contributed by atoms with van der Waals surface area (Å²) in [5.74, 6) is -0.0813. The van der Waals surface area contributed by atoms with Crippen LogP contribution in [0, 0.1) is 0 Å². The first-order valence-corrected chi connectivity index (χ1v) is 6.54. The molecule has 1 aromatic heterocycles. The van der Waals surface area contributed by atoms with Gasteiger partial charge in [0.05, 0.1) is 5.69 Å². The van der Waals surface area contributed by atoms with Gasteiger partial charge >= 0.3 is 5.97 Å². The molecule has 1 fully saturated rings. The maximum Gasteiger partial charge on any atom is 0.324 e. The van der Waals surface area contributed by atoms with E-state index in [0.717, 1.165) is 18.7 Å². The van der Waals surface area contributed by atoms with Crippen LogP contribution in [0.25, 0.3) is 0 Å². The highest BCUT2D eigenvalue weighted by molar-refractivity contribution is 5.79. The van der Waals surface area contributed by atoms with Crippen molar-refractivity contribution >= 4 is 5.97 Å². The second-order valence-electron chi connectivity index (χ2n) is 4.93. The van der Waals surface area contributed by atoms with E-state index in [1.54, 1.807) is 7.11 Å². The van der Waals surface area contributed by atoms with E-state index >= 15 is 0 Å². The summed E-state index contributed by atoms with van der Waals surface area (Å²) in [6.07, 6.45) is 2.20. The van der Waals surface area contributed by atoms with Gasteiger partial charge < -0.3 is 14.4 Å². The number of hydrogen-bond donors (Lipinski definition) is 1. The Morgan fingerprint density at radius 1 is 1.68 bits per heavy atom. The van der Waals surface area contributed by atoms with Gasteiger partial charge in [-0.25, -0.2) is 0 Å². The summed E-state index contributed by atoms with van der Waals surface area (Å²) in [7, 11) is 1.59. The van der Waals surface area contributed by atoms with Gasteiger partial charge in [0.25, 0.3) is 0 Å². The molecule has 0 aromatic carbocycles. The van der Waals surface area contributed by atoms with Crippen LogP contribution in [0.4, 0.5) is 0 Å². The predicted octanol–water partition coefficient (Wildman–Crippen LogP) is 1.65. The Hall–Kier alpha value is -1.40. The van der Waals surface area contributed by atoms with Gasteiger partial charge in [-0.05, 0) is 25.8 Å². The number of carbonyl (C=O) groups is 1. The molecule has 1 unspecified atom stereocenters. The van der Waals surface area contributed by atoms with Gasteiger partial charge in [-0.15, -0.1) is 0 Å². The number of nitrogens with zero attached hydrogens (tertiary/aromatic N) is 2. The standard InChI is InChI=1S/C13H20N2O4/c1-3-13(12(16)17)5-4-6-15(13)8-10-7-11(9-18-2)19-14-10/h7H,3-6,8-9H2,1-2H3,(H,16,17). The fourth-order valence-corrected chi connectivity index (χ4v) is 2.79. The second-order valence-corrected chi connectivity index (χ2v) is 4.93. The van der Waals surface area contributed by atoms with Crippen molar-refractivity contribution in [1.29, 1.82) is 0 Å². The van der Waals surface area contributed by atoms with Crippen LogP contribution in [0.3, 0.4) is 0 Å². The first kappa shape index (κ1) is 14.0. The molecule has 106 valence electrons. The molecule has 0 amide bonds. The van der Waals surface area contributed by atoms with E-state index in [1.165, 1.54) is 0 Å². The normalized spacial score (nSPS) is 23.9. The number of likely N-dealkylation sites (tertiary alicyclic amines) is 1. The highest BCUT2D eigenvalue weighted by Gasteiger charge is 2.46. The molecule has 0 saturated carbocycles. The Labute approximate surface area is 112 Å². The Morgan fingerprint density at radius 2 is 2.47 bits per heavy atom. The van der Waals surface area contributed by atoms with E-state index in [1.807, 2.05) is 17.9 Å². The third-order valence-corrected chi connectivity index (χ3v) is 3.85. The van der Waals surface area contributed by atoms with E-state index in [2.05, 4.69) is 5.16 Å². The van der Waals surface area contributed by atoms with Gasteiger partial charge in [0.1, 0.15) is 12.1 Å². The molecule has 1 N–H and O–H groups in total. The number of ether oxygens (including phenoxy) is 1. The Kier molecular flexibility index (Phi) is 4.21. The zero-order valence-corrected chi connectivity index (χ0v) is 11.4. The monoisotopic (exact) mass is 268 g/mol. The molecule has 1 aromatic rings. The summed E-state index contributed by atoms with van der Waals surface area (Å²) in [5.41, 5.74) is 0.00780. The summed E-state index contributed by atoms with van der Waals surface area (Å²) in [4.78, 5) is 13.5. The molecule has 1 saturated heterocycles. The maximum atomic E-state index is 11.6. The van der Waals surface area contributed by atoms with Gasteiger partial charge in [-0.1, -0.05) is 12.1 Å². The van der Waals surface area contributed by atoms with Crippen molar-refractivity contribution in [3.63, 3.8) is 0 Å². The number of aliphatic carboxylic acids is 1. The van der Waals surface area contributed by atoms with Crippen LogP contribution >= 0.6 is 0 Å². The van der Waals surface area contributed by atoms with Crippen molar-refractivity contribution in [1.82, 2.24) is 10.1 Å². The summed E-state index contributed by atoms with van der Waals surface area (Å²) in [6.45, 7) is 3.59. The van der Waals surface area contributed by atoms with Crippen molar-refractivity contribution < 1.29 is 19.2 Å². The molecule has 0 spiro atoms. The van der Waals surface area contributed by atoms with Crippen molar-refractivity contribution in [2.45, 2.75) is 44.9 Å². The highest BCUT2D eigenvalue weighted by Crippen LogP contribution is 2.33. The van der Waals surface area contributed by atoms with E-state index in [-0.39, 0.29) is 0 Å². The highest BCUT2D eigenvalue weighted by atomic mass is 16.5. The molecule has 0 aliphatic carbocycles. The minimum absolute atomic E-state index is 0.380. The van der Waals surface area contributed by atoms with Gasteiger partial charge in [-0.2, -0.15) is 0 Å². The maximum absolute atomic E-state index is 11.6. The molecular formula is C13H20N2O4. The minimum Gasteiger partial charge on any atom is -0.480 e. The minimum atomic E-state index is -0.750. The van der Waals surface area contributed by atoms with E-state index in [0.29, 0.717) is 31.8 Å². The van der Waals surface area contributed by atoms with E-state index < -0.39 is 11.5 Å². The van der Waals surface area contributed by atoms with Crippen LogP contribution in [-0.4, -0.2) is 40.3 Å². The molecule has 2 heterocycles. The number of methoxy groups -OCH3 is 1. The summed E-state index contributed by atoms with van der Waals surface area (Å²) < 4.78 is 10.1. The van der Waals surface area contributed by atoms with Crippen LogP contribution in [-0.2, 0) is 22.7 Å².